The van der Waals surface area contributed by atoms with E-state index in [-0.39, 0.29) is 23.7 Å². The van der Waals surface area contributed by atoms with Crippen molar-refractivity contribution in [2.24, 2.45) is 17.6 Å². The summed E-state index contributed by atoms with van der Waals surface area (Å²) in [4.78, 5) is 23.5. The van der Waals surface area contributed by atoms with E-state index in [0.29, 0.717) is 6.54 Å². The highest BCUT2D eigenvalue weighted by molar-refractivity contribution is 5.92. The van der Waals surface area contributed by atoms with Gasteiger partial charge in [0.1, 0.15) is 0 Å². The van der Waals surface area contributed by atoms with Gasteiger partial charge < -0.3 is 16.4 Å². The van der Waals surface area contributed by atoms with Crippen molar-refractivity contribution in [2.75, 3.05) is 5.32 Å². The van der Waals surface area contributed by atoms with E-state index >= 15 is 0 Å². The molecule has 0 aliphatic heterocycles. The van der Waals surface area contributed by atoms with Crippen molar-refractivity contribution in [2.45, 2.75) is 46.7 Å². The van der Waals surface area contributed by atoms with Crippen molar-refractivity contribution in [1.82, 2.24) is 5.32 Å². The van der Waals surface area contributed by atoms with Crippen LogP contribution in [0, 0.1) is 11.8 Å². The Hall–Kier alpha value is -1.88. The van der Waals surface area contributed by atoms with E-state index in [9.17, 15) is 9.59 Å². The summed E-state index contributed by atoms with van der Waals surface area (Å²) >= 11 is 0. The van der Waals surface area contributed by atoms with Crippen LogP contribution in [0.5, 0.6) is 0 Å². The van der Waals surface area contributed by atoms with Crippen molar-refractivity contribution < 1.29 is 9.59 Å². The fraction of sp³-hybridized carbons (Fsp3) is 0.529. The maximum absolute atomic E-state index is 11.9. The van der Waals surface area contributed by atoms with Crippen molar-refractivity contribution in [3.8, 4) is 0 Å². The zero-order valence-corrected chi connectivity index (χ0v) is 13.8. The zero-order chi connectivity index (χ0) is 16.7. The third-order valence-electron chi connectivity index (χ3n) is 3.77. The minimum Gasteiger partial charge on any atom is -0.351 e. The van der Waals surface area contributed by atoms with Crippen LogP contribution < -0.4 is 16.4 Å². The van der Waals surface area contributed by atoms with E-state index in [2.05, 4.69) is 10.6 Å². The second kappa shape index (κ2) is 8.54. The van der Waals surface area contributed by atoms with Crippen molar-refractivity contribution in [3.05, 3.63) is 29.8 Å². The van der Waals surface area contributed by atoms with Crippen LogP contribution in [0.4, 0.5) is 5.69 Å². The molecule has 5 nitrogen and oxygen atoms in total. The summed E-state index contributed by atoms with van der Waals surface area (Å²) in [6.45, 7) is 8.11. The summed E-state index contributed by atoms with van der Waals surface area (Å²) in [5.41, 5.74) is 7.60. The number of nitrogens with two attached hydrogens (primary N) is 1. The summed E-state index contributed by atoms with van der Waals surface area (Å²) in [6.07, 6.45) is 0.874. The number of hydrogen-bond donors (Lipinski definition) is 3. The standard InChI is InChI=1S/C17H27N3O2/c1-5-12(4)15(18)17(22)19-10-13-6-8-14(9-7-13)20-16(21)11(2)3/h6-9,11-12,15H,5,10,18H2,1-4H3,(H,19,22)(H,20,21). The summed E-state index contributed by atoms with van der Waals surface area (Å²) < 4.78 is 0. The van der Waals surface area contributed by atoms with E-state index in [4.69, 9.17) is 5.73 Å². The Morgan fingerprint density at radius 1 is 1.09 bits per heavy atom. The molecule has 22 heavy (non-hydrogen) atoms. The fourth-order valence-electron chi connectivity index (χ4n) is 1.81. The first-order valence-electron chi connectivity index (χ1n) is 7.78. The molecule has 0 fully saturated rings. The Morgan fingerprint density at radius 3 is 2.18 bits per heavy atom. The molecule has 0 spiro atoms. The molecule has 2 atom stereocenters. The van der Waals surface area contributed by atoms with Crippen LogP contribution in [0.2, 0.25) is 0 Å². The normalized spacial score (nSPS) is 13.5. The van der Waals surface area contributed by atoms with Crippen LogP contribution in [0.15, 0.2) is 24.3 Å². The van der Waals surface area contributed by atoms with Gasteiger partial charge in [0, 0.05) is 18.2 Å². The summed E-state index contributed by atoms with van der Waals surface area (Å²) in [6, 6.07) is 6.94. The number of hydrogen-bond acceptors (Lipinski definition) is 3. The lowest BCUT2D eigenvalue weighted by Crippen LogP contribution is -2.44. The number of carbonyl (C=O) groups excluding carboxylic acids is 2. The predicted molar refractivity (Wildman–Crippen MR) is 89.2 cm³/mol. The Balaban J connectivity index is 2.51. The highest BCUT2D eigenvalue weighted by atomic mass is 16.2. The third kappa shape index (κ3) is 5.48. The number of rotatable bonds is 7. The van der Waals surface area contributed by atoms with Gasteiger partial charge in [-0.25, -0.2) is 0 Å². The van der Waals surface area contributed by atoms with Gasteiger partial charge in [0.05, 0.1) is 6.04 Å². The van der Waals surface area contributed by atoms with E-state index in [1.807, 2.05) is 52.0 Å². The van der Waals surface area contributed by atoms with E-state index in [1.54, 1.807) is 0 Å². The lowest BCUT2D eigenvalue weighted by Gasteiger charge is -2.17. The average Bonchev–Trinajstić information content (AvgIpc) is 2.52. The number of carbonyl (C=O) groups is 2. The van der Waals surface area contributed by atoms with Crippen LogP contribution >= 0.6 is 0 Å². The van der Waals surface area contributed by atoms with Gasteiger partial charge in [-0.05, 0) is 23.6 Å². The smallest absolute Gasteiger partial charge is 0.237 e. The molecule has 1 aromatic carbocycles. The first-order chi connectivity index (χ1) is 10.3. The van der Waals surface area contributed by atoms with E-state index in [0.717, 1.165) is 17.7 Å². The molecule has 0 aliphatic rings. The topological polar surface area (TPSA) is 84.2 Å². The van der Waals surface area contributed by atoms with Crippen molar-refractivity contribution >= 4 is 17.5 Å². The number of anilines is 1. The number of amides is 2. The second-order valence-corrected chi connectivity index (χ2v) is 5.97. The number of nitrogens with one attached hydrogen (secondary N) is 2. The molecule has 1 rings (SSSR count). The van der Waals surface area contributed by atoms with Crippen LogP contribution in [0.1, 0.15) is 39.7 Å². The molecular weight excluding hydrogens is 278 g/mol. The largest absolute Gasteiger partial charge is 0.351 e. The molecule has 122 valence electrons. The molecule has 0 aliphatic carbocycles. The van der Waals surface area contributed by atoms with Gasteiger partial charge in [-0.1, -0.05) is 46.2 Å². The minimum absolute atomic E-state index is 0.0134. The SMILES string of the molecule is CCC(C)C(N)C(=O)NCc1ccc(NC(=O)C(C)C)cc1. The maximum atomic E-state index is 11.9. The molecule has 2 amide bonds. The molecule has 0 saturated carbocycles. The molecule has 0 aromatic heterocycles. The Bertz CT molecular complexity index is 497. The molecule has 5 heteroatoms. The average molecular weight is 305 g/mol. The predicted octanol–water partition coefficient (Wildman–Crippen LogP) is 2.27. The Kier molecular flexibility index (Phi) is 7.05. The van der Waals surface area contributed by atoms with E-state index < -0.39 is 6.04 Å². The van der Waals surface area contributed by atoms with E-state index in [1.165, 1.54) is 0 Å². The van der Waals surface area contributed by atoms with Crippen molar-refractivity contribution in [1.29, 1.82) is 0 Å². The van der Waals surface area contributed by atoms with Crippen LogP contribution in [-0.4, -0.2) is 17.9 Å². The van der Waals surface area contributed by atoms with Gasteiger partial charge in [0.15, 0.2) is 0 Å². The Morgan fingerprint density at radius 2 is 1.68 bits per heavy atom. The first-order valence-corrected chi connectivity index (χ1v) is 7.78. The van der Waals surface area contributed by atoms with Gasteiger partial charge in [0.25, 0.3) is 0 Å². The summed E-state index contributed by atoms with van der Waals surface area (Å²) in [5, 5.41) is 5.67. The molecular formula is C17H27N3O2. The van der Waals surface area contributed by atoms with Gasteiger partial charge in [-0.2, -0.15) is 0 Å². The minimum atomic E-state index is -0.477. The monoisotopic (exact) mass is 305 g/mol. The van der Waals surface area contributed by atoms with Crippen LogP contribution in [-0.2, 0) is 16.1 Å². The molecule has 0 radical (unpaired) electrons. The van der Waals surface area contributed by atoms with Crippen molar-refractivity contribution in [3.63, 3.8) is 0 Å². The molecule has 0 bridgehead atoms. The van der Waals surface area contributed by atoms with Crippen LogP contribution in [0.25, 0.3) is 0 Å². The first kappa shape index (κ1) is 18.2. The summed E-state index contributed by atoms with van der Waals surface area (Å²) in [7, 11) is 0. The van der Waals surface area contributed by atoms with Gasteiger partial charge in [-0.15, -0.1) is 0 Å². The number of benzene rings is 1. The lowest BCUT2D eigenvalue weighted by atomic mass is 9.99. The summed E-state index contributed by atoms with van der Waals surface area (Å²) in [5.74, 6) is -0.0400. The zero-order valence-electron chi connectivity index (χ0n) is 13.8. The third-order valence-corrected chi connectivity index (χ3v) is 3.77. The molecule has 1 aromatic rings. The maximum Gasteiger partial charge on any atom is 0.237 e. The van der Waals surface area contributed by atoms with Gasteiger partial charge >= 0.3 is 0 Å². The molecule has 0 heterocycles. The molecule has 4 N–H and O–H groups in total. The lowest BCUT2D eigenvalue weighted by molar-refractivity contribution is -0.123. The second-order valence-electron chi connectivity index (χ2n) is 5.97. The Labute approximate surface area is 132 Å². The molecule has 0 saturated heterocycles. The molecule has 2 unspecified atom stereocenters. The fourth-order valence-corrected chi connectivity index (χ4v) is 1.81. The van der Waals surface area contributed by atoms with Gasteiger partial charge in [-0.3, -0.25) is 9.59 Å². The van der Waals surface area contributed by atoms with Gasteiger partial charge in [0.2, 0.25) is 11.8 Å². The highest BCUT2D eigenvalue weighted by Crippen LogP contribution is 2.11. The van der Waals surface area contributed by atoms with Crippen LogP contribution in [0.3, 0.4) is 0 Å². The quantitative estimate of drug-likeness (QED) is 0.722. The highest BCUT2D eigenvalue weighted by Gasteiger charge is 2.18.